The lowest BCUT2D eigenvalue weighted by Gasteiger charge is -1.97. The second-order valence-corrected chi connectivity index (χ2v) is 6.05. The first-order valence-electron chi connectivity index (χ1n) is 5.50. The van der Waals surface area contributed by atoms with Crippen LogP contribution in [0.1, 0.15) is 5.69 Å². The van der Waals surface area contributed by atoms with Crippen LogP contribution < -0.4 is 0 Å². The molecule has 0 saturated heterocycles. The van der Waals surface area contributed by atoms with Crippen molar-refractivity contribution in [1.82, 2.24) is 5.16 Å². The Morgan fingerprint density at radius 1 is 1.37 bits per heavy atom. The van der Waals surface area contributed by atoms with E-state index in [2.05, 4.69) is 9.34 Å². The van der Waals surface area contributed by atoms with Gasteiger partial charge in [0.15, 0.2) is 5.76 Å². The molecular formula is C12H12ClNO4S. The highest BCUT2D eigenvalue weighted by Crippen LogP contribution is 2.23. The van der Waals surface area contributed by atoms with E-state index in [-0.39, 0.29) is 6.61 Å². The zero-order valence-corrected chi connectivity index (χ0v) is 11.7. The van der Waals surface area contributed by atoms with E-state index >= 15 is 0 Å². The minimum Gasteiger partial charge on any atom is -0.356 e. The quantitative estimate of drug-likeness (QED) is 0.794. The molecule has 5 nitrogen and oxygen atoms in total. The van der Waals surface area contributed by atoms with Crippen LogP contribution in [-0.4, -0.2) is 26.4 Å². The average molecular weight is 302 g/mol. The summed E-state index contributed by atoms with van der Waals surface area (Å²) in [5, 5.41) is 4.46. The van der Waals surface area contributed by atoms with Gasteiger partial charge in [-0.3, -0.25) is 4.18 Å². The molecule has 0 spiro atoms. The Hall–Kier alpha value is -1.37. The van der Waals surface area contributed by atoms with Gasteiger partial charge in [-0.05, 0) is 12.1 Å². The fourth-order valence-electron chi connectivity index (χ4n) is 1.51. The monoisotopic (exact) mass is 301 g/mol. The third kappa shape index (κ3) is 4.34. The zero-order chi connectivity index (χ0) is 13.9. The molecule has 0 radical (unpaired) electrons. The molecule has 2 aromatic rings. The van der Waals surface area contributed by atoms with Crippen molar-refractivity contribution in [1.29, 1.82) is 0 Å². The van der Waals surface area contributed by atoms with Gasteiger partial charge in [-0.2, -0.15) is 8.42 Å². The molecule has 19 heavy (non-hydrogen) atoms. The summed E-state index contributed by atoms with van der Waals surface area (Å²) in [6, 6.07) is 8.92. The molecule has 7 heteroatoms. The van der Waals surface area contributed by atoms with E-state index in [1.807, 2.05) is 12.1 Å². The maximum Gasteiger partial charge on any atom is 0.264 e. The minimum absolute atomic E-state index is 0.0420. The highest BCUT2D eigenvalue weighted by molar-refractivity contribution is 7.85. The molecular weight excluding hydrogens is 290 g/mol. The predicted molar refractivity (Wildman–Crippen MR) is 71.4 cm³/mol. The highest BCUT2D eigenvalue weighted by Gasteiger charge is 2.08. The number of hydrogen-bond acceptors (Lipinski definition) is 5. The van der Waals surface area contributed by atoms with Gasteiger partial charge in [-0.25, -0.2) is 0 Å². The number of halogens is 1. The Morgan fingerprint density at radius 3 is 2.84 bits per heavy atom. The van der Waals surface area contributed by atoms with Crippen LogP contribution in [0.4, 0.5) is 0 Å². The summed E-state index contributed by atoms with van der Waals surface area (Å²) in [5.41, 5.74) is 1.44. The van der Waals surface area contributed by atoms with Gasteiger partial charge in [-0.1, -0.05) is 28.9 Å². The molecule has 0 fully saturated rings. The van der Waals surface area contributed by atoms with Gasteiger partial charge >= 0.3 is 0 Å². The maximum atomic E-state index is 10.8. The van der Waals surface area contributed by atoms with Crippen LogP contribution in [-0.2, 0) is 20.7 Å². The third-order valence-corrected chi connectivity index (χ3v) is 3.15. The summed E-state index contributed by atoms with van der Waals surface area (Å²) < 4.78 is 31.4. The molecule has 1 heterocycles. The van der Waals surface area contributed by atoms with E-state index in [1.165, 1.54) is 0 Å². The molecule has 0 bridgehead atoms. The molecule has 0 atom stereocenters. The summed E-state index contributed by atoms with van der Waals surface area (Å²) in [5.74, 6) is 0.580. The Kier molecular flexibility index (Phi) is 4.24. The molecule has 0 saturated carbocycles. The van der Waals surface area contributed by atoms with Gasteiger partial charge in [0.1, 0.15) is 0 Å². The van der Waals surface area contributed by atoms with E-state index in [0.717, 1.165) is 11.8 Å². The normalized spacial score (nSPS) is 11.7. The Balaban J connectivity index is 2.03. The number of hydrogen-bond donors (Lipinski definition) is 0. The maximum absolute atomic E-state index is 10.8. The van der Waals surface area contributed by atoms with Gasteiger partial charge in [0, 0.05) is 23.1 Å². The van der Waals surface area contributed by atoms with E-state index in [9.17, 15) is 8.42 Å². The van der Waals surface area contributed by atoms with Crippen molar-refractivity contribution >= 4 is 21.7 Å². The van der Waals surface area contributed by atoms with Gasteiger partial charge in [0.2, 0.25) is 0 Å². The van der Waals surface area contributed by atoms with Crippen LogP contribution in [0, 0.1) is 0 Å². The lowest BCUT2D eigenvalue weighted by atomic mass is 10.1. The van der Waals surface area contributed by atoms with Gasteiger partial charge in [0.25, 0.3) is 10.1 Å². The Labute approximate surface area is 116 Å². The molecule has 0 aliphatic heterocycles. The third-order valence-electron chi connectivity index (χ3n) is 2.32. The molecule has 0 unspecified atom stereocenters. The molecule has 1 aromatic heterocycles. The lowest BCUT2D eigenvalue weighted by molar-refractivity contribution is 0.320. The van der Waals surface area contributed by atoms with Crippen LogP contribution in [0.25, 0.3) is 11.3 Å². The molecule has 2 rings (SSSR count). The minimum atomic E-state index is -3.42. The number of nitrogens with zero attached hydrogens (tertiary/aromatic N) is 1. The van der Waals surface area contributed by atoms with Crippen LogP contribution >= 0.6 is 11.6 Å². The molecule has 102 valence electrons. The second-order valence-electron chi connectivity index (χ2n) is 3.97. The SMILES string of the molecule is CS(=O)(=O)OCCc1cc(-c2cccc(Cl)c2)on1. The first-order valence-corrected chi connectivity index (χ1v) is 7.69. The van der Waals surface area contributed by atoms with E-state index in [1.54, 1.807) is 18.2 Å². The van der Waals surface area contributed by atoms with Crippen molar-refractivity contribution < 1.29 is 17.1 Å². The molecule has 1 aromatic carbocycles. The molecule has 0 aliphatic carbocycles. The number of rotatable bonds is 5. The van der Waals surface area contributed by atoms with Crippen molar-refractivity contribution in [3.63, 3.8) is 0 Å². The van der Waals surface area contributed by atoms with Gasteiger partial charge in [-0.15, -0.1) is 0 Å². The van der Waals surface area contributed by atoms with Crippen molar-refractivity contribution in [2.75, 3.05) is 12.9 Å². The summed E-state index contributed by atoms with van der Waals surface area (Å²) >= 11 is 5.89. The Bertz CT molecular complexity index is 666. The van der Waals surface area contributed by atoms with Crippen molar-refractivity contribution in [3.05, 3.63) is 41.0 Å². The van der Waals surface area contributed by atoms with Gasteiger partial charge in [0.05, 0.1) is 18.6 Å². The van der Waals surface area contributed by atoms with E-state index < -0.39 is 10.1 Å². The lowest BCUT2D eigenvalue weighted by Crippen LogP contribution is -2.06. The van der Waals surface area contributed by atoms with Crippen LogP contribution in [0.2, 0.25) is 5.02 Å². The smallest absolute Gasteiger partial charge is 0.264 e. The zero-order valence-electron chi connectivity index (χ0n) is 10.2. The summed E-state index contributed by atoms with van der Waals surface area (Å²) in [4.78, 5) is 0. The topological polar surface area (TPSA) is 69.4 Å². The first kappa shape index (κ1) is 14.0. The number of benzene rings is 1. The number of aromatic nitrogens is 1. The summed E-state index contributed by atoms with van der Waals surface area (Å²) in [6.07, 6.45) is 1.37. The Morgan fingerprint density at radius 2 is 2.16 bits per heavy atom. The molecule has 0 amide bonds. The first-order chi connectivity index (χ1) is 8.94. The fourth-order valence-corrected chi connectivity index (χ4v) is 2.08. The average Bonchev–Trinajstić information content (AvgIpc) is 2.76. The van der Waals surface area contributed by atoms with Crippen molar-refractivity contribution in [3.8, 4) is 11.3 Å². The van der Waals surface area contributed by atoms with Crippen molar-refractivity contribution in [2.45, 2.75) is 6.42 Å². The predicted octanol–water partition coefficient (Wildman–Crippen LogP) is 2.51. The second kappa shape index (κ2) is 5.73. The molecule has 0 aliphatic rings. The summed E-state index contributed by atoms with van der Waals surface area (Å²) in [6.45, 7) is 0.0420. The molecule has 0 N–H and O–H groups in total. The van der Waals surface area contributed by atoms with Crippen molar-refractivity contribution in [2.24, 2.45) is 0 Å². The van der Waals surface area contributed by atoms with Crippen LogP contribution in [0.3, 0.4) is 0 Å². The fraction of sp³-hybridized carbons (Fsp3) is 0.250. The standard InChI is InChI=1S/C12H12ClNO4S/c1-19(15,16)17-6-5-11-8-12(18-14-11)9-3-2-4-10(13)7-9/h2-4,7-8H,5-6H2,1H3. The highest BCUT2D eigenvalue weighted by atomic mass is 35.5. The van der Waals surface area contributed by atoms with Gasteiger partial charge < -0.3 is 4.52 Å². The summed E-state index contributed by atoms with van der Waals surface area (Å²) in [7, 11) is -3.42. The van der Waals surface area contributed by atoms with Crippen LogP contribution in [0.15, 0.2) is 34.9 Å². The van der Waals surface area contributed by atoms with E-state index in [4.69, 9.17) is 16.1 Å². The van der Waals surface area contributed by atoms with Crippen LogP contribution in [0.5, 0.6) is 0 Å². The van der Waals surface area contributed by atoms with E-state index in [0.29, 0.717) is 22.9 Å². The largest absolute Gasteiger partial charge is 0.356 e.